The van der Waals surface area contributed by atoms with E-state index < -0.39 is 0 Å². The molecule has 1 aromatic carbocycles. The Bertz CT molecular complexity index is 356. The summed E-state index contributed by atoms with van der Waals surface area (Å²) < 4.78 is 5.16. The molecule has 0 aliphatic carbocycles. The van der Waals surface area contributed by atoms with Crippen LogP contribution in [0.25, 0.3) is 0 Å². The highest BCUT2D eigenvalue weighted by molar-refractivity contribution is 6.17. The van der Waals surface area contributed by atoms with Gasteiger partial charge >= 0.3 is 0 Å². The van der Waals surface area contributed by atoms with Crippen molar-refractivity contribution in [3.05, 3.63) is 29.8 Å². The summed E-state index contributed by atoms with van der Waals surface area (Å²) in [7, 11) is 1.69. The average molecular weight is 284 g/mol. The molecule has 1 rings (SSSR count). The van der Waals surface area contributed by atoms with Gasteiger partial charge in [-0.3, -0.25) is 0 Å². The topological polar surface area (TPSA) is 21.3 Å². The van der Waals surface area contributed by atoms with E-state index in [9.17, 15) is 0 Å². The molecule has 0 fully saturated rings. The van der Waals surface area contributed by atoms with Crippen molar-refractivity contribution in [3.8, 4) is 5.75 Å². The number of hydrogen-bond acceptors (Lipinski definition) is 2. The average Bonchev–Trinajstić information content (AvgIpc) is 2.37. The third-order valence-electron chi connectivity index (χ3n) is 3.41. The van der Waals surface area contributed by atoms with Gasteiger partial charge in [0, 0.05) is 11.9 Å². The zero-order valence-electron chi connectivity index (χ0n) is 12.5. The van der Waals surface area contributed by atoms with Crippen LogP contribution in [0, 0.1) is 5.41 Å². The number of alkyl halides is 1. The summed E-state index contributed by atoms with van der Waals surface area (Å²) in [6, 6.07) is 8.72. The first kappa shape index (κ1) is 16.3. The number of hydrogen-bond donors (Lipinski definition) is 1. The lowest BCUT2D eigenvalue weighted by atomic mass is 9.85. The molecular weight excluding hydrogens is 258 g/mol. The van der Waals surface area contributed by atoms with Crippen molar-refractivity contribution >= 4 is 11.6 Å². The van der Waals surface area contributed by atoms with E-state index in [1.54, 1.807) is 7.11 Å². The lowest BCUT2D eigenvalue weighted by Gasteiger charge is -2.31. The van der Waals surface area contributed by atoms with E-state index in [2.05, 4.69) is 38.2 Å². The number of rotatable bonds is 7. The molecule has 0 aliphatic rings. The minimum Gasteiger partial charge on any atom is -0.497 e. The first-order valence-corrected chi connectivity index (χ1v) is 7.43. The Labute approximate surface area is 122 Å². The molecule has 0 radical (unpaired) electrons. The number of benzene rings is 1. The quantitative estimate of drug-likeness (QED) is 0.767. The van der Waals surface area contributed by atoms with Gasteiger partial charge in [0.2, 0.25) is 0 Å². The van der Waals surface area contributed by atoms with Crippen molar-refractivity contribution in [2.24, 2.45) is 5.41 Å². The monoisotopic (exact) mass is 283 g/mol. The predicted octanol–water partition coefficient (Wildman–Crippen LogP) is 3.87. The number of nitrogens with one attached hydrogen (secondary N) is 1. The fraction of sp³-hybridized carbons (Fsp3) is 0.625. The molecule has 3 heteroatoms. The Morgan fingerprint density at radius 3 is 2.32 bits per heavy atom. The molecule has 108 valence electrons. The highest BCUT2D eigenvalue weighted by Gasteiger charge is 2.22. The number of ether oxygens (including phenoxy) is 1. The lowest BCUT2D eigenvalue weighted by Crippen LogP contribution is -2.41. The molecule has 1 unspecified atom stereocenters. The maximum atomic E-state index is 5.88. The van der Waals surface area contributed by atoms with Crippen molar-refractivity contribution < 1.29 is 4.74 Å². The SMILES string of the molecule is COc1ccc(CCNC(CCCl)C(C)(C)C)cc1. The third kappa shape index (κ3) is 5.84. The van der Waals surface area contributed by atoms with Gasteiger partial charge in [0.1, 0.15) is 5.75 Å². The van der Waals surface area contributed by atoms with Crippen LogP contribution < -0.4 is 10.1 Å². The largest absolute Gasteiger partial charge is 0.497 e. The fourth-order valence-electron chi connectivity index (χ4n) is 2.13. The van der Waals surface area contributed by atoms with Gasteiger partial charge in [-0.25, -0.2) is 0 Å². The second-order valence-corrected chi connectivity index (χ2v) is 6.33. The highest BCUT2D eigenvalue weighted by Crippen LogP contribution is 2.22. The second kappa shape index (κ2) is 7.76. The highest BCUT2D eigenvalue weighted by atomic mass is 35.5. The molecule has 0 aliphatic heterocycles. The van der Waals surface area contributed by atoms with Crippen molar-refractivity contribution in [2.75, 3.05) is 19.5 Å². The van der Waals surface area contributed by atoms with Crippen LogP contribution in [0.3, 0.4) is 0 Å². The van der Waals surface area contributed by atoms with Crippen LogP contribution in [0.5, 0.6) is 5.75 Å². The lowest BCUT2D eigenvalue weighted by molar-refractivity contribution is 0.263. The Hall–Kier alpha value is -0.730. The van der Waals surface area contributed by atoms with Crippen molar-refractivity contribution in [3.63, 3.8) is 0 Å². The van der Waals surface area contributed by atoms with E-state index >= 15 is 0 Å². The normalized spacial score (nSPS) is 13.3. The van der Waals surface area contributed by atoms with Crippen LogP contribution in [0.1, 0.15) is 32.8 Å². The molecule has 0 bridgehead atoms. The van der Waals surface area contributed by atoms with Crippen LogP contribution in [0.15, 0.2) is 24.3 Å². The van der Waals surface area contributed by atoms with E-state index in [-0.39, 0.29) is 5.41 Å². The van der Waals surface area contributed by atoms with E-state index in [0.29, 0.717) is 11.9 Å². The van der Waals surface area contributed by atoms with E-state index in [0.717, 1.165) is 25.1 Å². The molecule has 0 heterocycles. The first-order valence-electron chi connectivity index (χ1n) is 6.89. The zero-order valence-corrected chi connectivity index (χ0v) is 13.3. The van der Waals surface area contributed by atoms with Crippen LogP contribution in [0.4, 0.5) is 0 Å². The Balaban J connectivity index is 2.42. The summed E-state index contributed by atoms with van der Waals surface area (Å²) in [4.78, 5) is 0. The number of methoxy groups -OCH3 is 1. The Morgan fingerprint density at radius 1 is 1.21 bits per heavy atom. The second-order valence-electron chi connectivity index (χ2n) is 5.95. The van der Waals surface area contributed by atoms with E-state index in [4.69, 9.17) is 16.3 Å². The maximum absolute atomic E-state index is 5.88. The van der Waals surface area contributed by atoms with Gasteiger partial charge in [0.25, 0.3) is 0 Å². The molecule has 0 saturated carbocycles. The van der Waals surface area contributed by atoms with Gasteiger partial charge in [0.15, 0.2) is 0 Å². The van der Waals surface area contributed by atoms with Crippen LogP contribution in [-0.4, -0.2) is 25.6 Å². The molecule has 0 saturated heterocycles. The summed E-state index contributed by atoms with van der Waals surface area (Å²) in [5, 5.41) is 3.62. The standard InChI is InChI=1S/C16H26ClNO/c1-16(2,3)15(9-11-17)18-12-10-13-5-7-14(19-4)8-6-13/h5-8,15,18H,9-12H2,1-4H3. The Morgan fingerprint density at radius 2 is 1.84 bits per heavy atom. The molecule has 0 aromatic heterocycles. The summed E-state index contributed by atoms with van der Waals surface area (Å²) in [6.07, 6.45) is 2.03. The van der Waals surface area contributed by atoms with Gasteiger partial charge in [-0.1, -0.05) is 32.9 Å². The first-order chi connectivity index (χ1) is 8.97. The summed E-state index contributed by atoms with van der Waals surface area (Å²) >= 11 is 5.88. The van der Waals surface area contributed by atoms with Crippen LogP contribution in [-0.2, 0) is 6.42 Å². The Kier molecular flexibility index (Phi) is 6.67. The molecule has 19 heavy (non-hydrogen) atoms. The van der Waals surface area contributed by atoms with Gasteiger partial charge in [-0.05, 0) is 42.5 Å². The molecule has 0 amide bonds. The summed E-state index contributed by atoms with van der Waals surface area (Å²) in [5.74, 6) is 1.61. The molecule has 2 nitrogen and oxygen atoms in total. The maximum Gasteiger partial charge on any atom is 0.118 e. The molecule has 0 spiro atoms. The minimum absolute atomic E-state index is 0.245. The third-order valence-corrected chi connectivity index (χ3v) is 3.62. The van der Waals surface area contributed by atoms with Gasteiger partial charge < -0.3 is 10.1 Å². The zero-order chi connectivity index (χ0) is 14.3. The van der Waals surface area contributed by atoms with E-state index in [1.165, 1.54) is 5.56 Å². The predicted molar refractivity (Wildman–Crippen MR) is 83.3 cm³/mol. The van der Waals surface area contributed by atoms with Crippen molar-refractivity contribution in [2.45, 2.75) is 39.7 Å². The van der Waals surface area contributed by atoms with E-state index in [1.807, 2.05) is 12.1 Å². The van der Waals surface area contributed by atoms with Crippen molar-refractivity contribution in [1.82, 2.24) is 5.32 Å². The smallest absolute Gasteiger partial charge is 0.118 e. The molecule has 1 N–H and O–H groups in total. The molecule has 1 atom stereocenters. The number of halogens is 1. The summed E-state index contributed by atoms with van der Waals surface area (Å²) in [6.45, 7) is 7.74. The van der Waals surface area contributed by atoms with Gasteiger partial charge in [-0.2, -0.15) is 0 Å². The minimum atomic E-state index is 0.245. The van der Waals surface area contributed by atoms with Gasteiger partial charge in [0.05, 0.1) is 7.11 Å². The van der Waals surface area contributed by atoms with Gasteiger partial charge in [-0.15, -0.1) is 11.6 Å². The fourth-order valence-corrected chi connectivity index (χ4v) is 2.35. The summed E-state index contributed by atoms with van der Waals surface area (Å²) in [5.41, 5.74) is 1.57. The van der Waals surface area contributed by atoms with Crippen molar-refractivity contribution in [1.29, 1.82) is 0 Å². The molecule has 1 aromatic rings. The molecular formula is C16H26ClNO. The van der Waals surface area contributed by atoms with Crippen LogP contribution >= 0.6 is 11.6 Å². The van der Waals surface area contributed by atoms with Crippen LogP contribution in [0.2, 0.25) is 0 Å².